The number of hydrogen-bond acceptors (Lipinski definition) is 5. The van der Waals surface area contributed by atoms with E-state index in [4.69, 9.17) is 9.15 Å². The Morgan fingerprint density at radius 2 is 0.970 bits per heavy atom. The minimum atomic E-state index is -0.126. The lowest BCUT2D eigenvalue weighted by Crippen LogP contribution is -2.59. The van der Waals surface area contributed by atoms with Gasteiger partial charge in [-0.3, -0.25) is 0 Å². The van der Waals surface area contributed by atoms with Gasteiger partial charge in [0.1, 0.15) is 22.7 Å². The van der Waals surface area contributed by atoms with Crippen LogP contribution in [0.4, 0.5) is 51.2 Å². The van der Waals surface area contributed by atoms with Gasteiger partial charge in [0, 0.05) is 73.6 Å². The molecule has 0 N–H and O–H groups in total. The molecule has 0 saturated heterocycles. The van der Waals surface area contributed by atoms with Crippen LogP contribution >= 0.6 is 0 Å². The van der Waals surface area contributed by atoms with Gasteiger partial charge in [-0.05, 0) is 132 Å². The third-order valence-corrected chi connectivity index (χ3v) is 13.3. The zero-order valence-corrected chi connectivity index (χ0v) is 36.8. The minimum Gasteiger partial charge on any atom is -0.458 e. The molecule has 13 rings (SSSR count). The first-order valence-electron chi connectivity index (χ1n) is 22.9. The van der Waals surface area contributed by atoms with Gasteiger partial charge in [-0.25, -0.2) is 0 Å². The first-order chi connectivity index (χ1) is 33.1. The van der Waals surface area contributed by atoms with Crippen LogP contribution in [-0.2, 0) is 0 Å². The number of para-hydroxylation sites is 4. The summed E-state index contributed by atoms with van der Waals surface area (Å²) >= 11 is 0. The molecule has 0 aliphatic carbocycles. The van der Waals surface area contributed by atoms with Crippen molar-refractivity contribution in [2.24, 2.45) is 0 Å². The van der Waals surface area contributed by atoms with E-state index in [9.17, 15) is 0 Å². The summed E-state index contributed by atoms with van der Waals surface area (Å²) in [5.41, 5.74) is 18.2. The molecule has 2 aliphatic heterocycles. The average molecular weight is 860 g/mol. The Kier molecular flexibility index (Phi) is 9.10. The van der Waals surface area contributed by atoms with E-state index in [0.29, 0.717) is 0 Å². The fourth-order valence-electron chi connectivity index (χ4n) is 10.3. The summed E-state index contributed by atoms with van der Waals surface area (Å²) in [4.78, 5) is 7.10. The Balaban J connectivity index is 1.03. The summed E-state index contributed by atoms with van der Waals surface area (Å²) in [6.45, 7) is 2.00. The SMILES string of the molecule is Cc1ccc(N(c2ccc3c(c2)Oc2c(-c4ccccc4)ccc4c2B3c2ccc(N(c3ccccc3)c3ccccc3)cc2N4c2ccccc2)c2ccc3oc4ccccc4c3c2)cc1. The average Bonchev–Trinajstić information content (AvgIpc) is 3.76. The summed E-state index contributed by atoms with van der Waals surface area (Å²) in [5, 5.41) is 2.17. The van der Waals surface area contributed by atoms with Gasteiger partial charge in [-0.2, -0.15) is 0 Å². The van der Waals surface area contributed by atoms with E-state index in [-0.39, 0.29) is 6.71 Å². The molecule has 0 amide bonds. The summed E-state index contributed by atoms with van der Waals surface area (Å²) < 4.78 is 13.7. The Labute approximate surface area is 390 Å². The number of hydrogen-bond donors (Lipinski definition) is 0. The van der Waals surface area contributed by atoms with Crippen LogP contribution < -0.4 is 35.8 Å². The predicted molar refractivity (Wildman–Crippen MR) is 279 cm³/mol. The Morgan fingerprint density at radius 3 is 1.70 bits per heavy atom. The molecule has 67 heavy (non-hydrogen) atoms. The largest absolute Gasteiger partial charge is 0.458 e. The number of anilines is 9. The second-order valence-corrected chi connectivity index (χ2v) is 17.4. The van der Waals surface area contributed by atoms with Crippen LogP contribution in [0.25, 0.3) is 33.1 Å². The van der Waals surface area contributed by atoms with Crippen molar-refractivity contribution >= 4 is 96.2 Å². The highest BCUT2D eigenvalue weighted by molar-refractivity contribution is 6.99. The third-order valence-electron chi connectivity index (χ3n) is 13.3. The quantitative estimate of drug-likeness (QED) is 0.142. The maximum Gasteiger partial charge on any atom is 0.256 e. The highest BCUT2D eigenvalue weighted by atomic mass is 16.5. The van der Waals surface area contributed by atoms with Gasteiger partial charge in [0.05, 0.1) is 0 Å². The van der Waals surface area contributed by atoms with E-state index in [0.717, 1.165) is 107 Å². The first-order valence-corrected chi connectivity index (χ1v) is 22.9. The summed E-state index contributed by atoms with van der Waals surface area (Å²) in [6, 6.07) is 84.4. The monoisotopic (exact) mass is 859 g/mol. The van der Waals surface area contributed by atoms with Gasteiger partial charge >= 0.3 is 0 Å². The van der Waals surface area contributed by atoms with Crippen LogP contribution in [-0.4, -0.2) is 6.71 Å². The summed E-state index contributed by atoms with van der Waals surface area (Å²) in [5.74, 6) is 1.70. The second-order valence-electron chi connectivity index (χ2n) is 17.4. The molecule has 0 unspecified atom stereocenters. The number of benzene rings is 10. The van der Waals surface area contributed by atoms with E-state index >= 15 is 0 Å². The number of furan rings is 1. The second kappa shape index (κ2) is 15.8. The van der Waals surface area contributed by atoms with E-state index in [1.807, 2.05) is 12.1 Å². The molecule has 6 heteroatoms. The smallest absolute Gasteiger partial charge is 0.256 e. The molecule has 0 saturated carbocycles. The number of ether oxygens (including phenoxy) is 1. The molecule has 1 aromatic heterocycles. The maximum atomic E-state index is 7.41. The van der Waals surface area contributed by atoms with Gasteiger partial charge in [0.25, 0.3) is 6.71 Å². The van der Waals surface area contributed by atoms with Crippen LogP contribution in [0.5, 0.6) is 11.5 Å². The third kappa shape index (κ3) is 6.48. The lowest BCUT2D eigenvalue weighted by atomic mass is 9.34. The van der Waals surface area contributed by atoms with Crippen molar-refractivity contribution in [1.82, 2.24) is 0 Å². The molecular weight excluding hydrogens is 818 g/mol. The molecule has 11 aromatic rings. The molecule has 0 bridgehead atoms. The lowest BCUT2D eigenvalue weighted by molar-refractivity contribution is 0.489. The maximum absolute atomic E-state index is 7.41. The van der Waals surface area contributed by atoms with Gasteiger partial charge in [-0.15, -0.1) is 0 Å². The predicted octanol–water partition coefficient (Wildman–Crippen LogP) is 14.9. The molecule has 0 atom stereocenters. The van der Waals surface area contributed by atoms with E-state index in [1.165, 1.54) is 11.0 Å². The molecule has 5 nitrogen and oxygen atoms in total. The number of nitrogens with zero attached hydrogens (tertiary/aromatic N) is 3. The topological polar surface area (TPSA) is 32.1 Å². The number of fused-ring (bicyclic) bond motifs is 7. The zero-order valence-electron chi connectivity index (χ0n) is 36.8. The van der Waals surface area contributed by atoms with E-state index in [1.54, 1.807) is 0 Å². The molecule has 0 spiro atoms. The van der Waals surface area contributed by atoms with Crippen molar-refractivity contribution in [3.63, 3.8) is 0 Å². The van der Waals surface area contributed by atoms with Crippen molar-refractivity contribution in [2.45, 2.75) is 6.92 Å². The molecule has 10 aromatic carbocycles. The van der Waals surface area contributed by atoms with E-state index < -0.39 is 0 Å². The molecule has 0 radical (unpaired) electrons. The van der Waals surface area contributed by atoms with Crippen LogP contribution in [0.15, 0.2) is 241 Å². The summed E-state index contributed by atoms with van der Waals surface area (Å²) in [6.07, 6.45) is 0. The van der Waals surface area contributed by atoms with Crippen molar-refractivity contribution in [1.29, 1.82) is 0 Å². The Hall–Kier alpha value is -8.74. The zero-order chi connectivity index (χ0) is 44.4. The highest BCUT2D eigenvalue weighted by Crippen LogP contribution is 2.48. The molecule has 0 fully saturated rings. The normalized spacial score (nSPS) is 12.3. The van der Waals surface area contributed by atoms with Crippen LogP contribution in [0.3, 0.4) is 0 Å². The summed E-state index contributed by atoms with van der Waals surface area (Å²) in [7, 11) is 0. The van der Waals surface area contributed by atoms with Crippen LogP contribution in [0.1, 0.15) is 5.56 Å². The molecule has 316 valence electrons. The van der Waals surface area contributed by atoms with Crippen LogP contribution in [0.2, 0.25) is 0 Å². The lowest BCUT2D eigenvalue weighted by Gasteiger charge is -2.41. The number of rotatable bonds is 8. The Bertz CT molecular complexity index is 3600. The number of aryl methyl sites for hydroxylation is 1. The van der Waals surface area contributed by atoms with Crippen molar-refractivity contribution in [2.75, 3.05) is 14.7 Å². The Morgan fingerprint density at radius 1 is 0.418 bits per heavy atom. The fourth-order valence-corrected chi connectivity index (χ4v) is 10.3. The van der Waals surface area contributed by atoms with Crippen molar-refractivity contribution in [3.8, 4) is 22.6 Å². The van der Waals surface area contributed by atoms with Gasteiger partial charge in [0.2, 0.25) is 0 Å². The fraction of sp³-hybridized carbons (Fsp3) is 0.0164. The minimum absolute atomic E-state index is 0.126. The van der Waals surface area contributed by atoms with Crippen molar-refractivity contribution < 1.29 is 9.15 Å². The standard InChI is InChI=1S/C61H42BN3O2/c1-41-26-28-46(29-27-41)64(47-32-37-58-52(38-47)51-24-14-15-25-57(51)66-58)49-31-35-54-59(40-49)67-61-50(42-16-6-2-7-17-42)33-36-55-60(61)62(54)53-34-30-48(39-56(53)65(55)45-22-12-5-13-23-45)63(43-18-8-3-9-19-43)44-20-10-4-11-21-44/h2-40H,1H3. The molecule has 2 aliphatic rings. The molecular formula is C61H42BN3O2. The molecule has 3 heterocycles. The van der Waals surface area contributed by atoms with Gasteiger partial charge in [0.15, 0.2) is 0 Å². The van der Waals surface area contributed by atoms with Crippen LogP contribution in [0, 0.1) is 6.92 Å². The van der Waals surface area contributed by atoms with Gasteiger partial charge in [-0.1, -0.05) is 133 Å². The highest BCUT2D eigenvalue weighted by Gasteiger charge is 2.43. The first kappa shape index (κ1) is 38.7. The van der Waals surface area contributed by atoms with Gasteiger partial charge < -0.3 is 23.9 Å². The van der Waals surface area contributed by atoms with Crippen molar-refractivity contribution in [3.05, 3.63) is 242 Å². The van der Waals surface area contributed by atoms with E-state index in [2.05, 4.69) is 246 Å².